The molecule has 1 unspecified atom stereocenters. The van der Waals surface area contributed by atoms with Gasteiger partial charge < -0.3 is 15.5 Å². The van der Waals surface area contributed by atoms with E-state index in [4.69, 9.17) is 10.2 Å². The molecular formula is C14H17N3O2. The van der Waals surface area contributed by atoms with Gasteiger partial charge in [0.1, 0.15) is 5.69 Å². The second kappa shape index (κ2) is 6.15. The van der Waals surface area contributed by atoms with Crippen molar-refractivity contribution < 1.29 is 9.21 Å². The summed E-state index contributed by atoms with van der Waals surface area (Å²) < 4.78 is 5.38. The molecule has 2 aromatic rings. The van der Waals surface area contributed by atoms with Crippen LogP contribution in [0.5, 0.6) is 0 Å². The Hall–Kier alpha value is -2.14. The molecule has 0 aliphatic rings. The van der Waals surface area contributed by atoms with Gasteiger partial charge in [0.2, 0.25) is 5.91 Å². The molecule has 0 saturated heterocycles. The zero-order chi connectivity index (χ0) is 13.7. The van der Waals surface area contributed by atoms with Crippen LogP contribution in [0.1, 0.15) is 19.0 Å². The van der Waals surface area contributed by atoms with Gasteiger partial charge >= 0.3 is 0 Å². The number of nitrogens with zero attached hydrogens (tertiary/aromatic N) is 1. The van der Waals surface area contributed by atoms with E-state index in [1.165, 1.54) is 6.39 Å². The van der Waals surface area contributed by atoms with Crippen molar-refractivity contribution in [2.45, 2.75) is 25.9 Å². The molecule has 0 radical (unpaired) electrons. The molecule has 1 atom stereocenters. The molecule has 0 bridgehead atoms. The lowest BCUT2D eigenvalue weighted by Crippen LogP contribution is -2.29. The molecule has 0 aliphatic heterocycles. The number of benzene rings is 1. The van der Waals surface area contributed by atoms with Crippen molar-refractivity contribution in [1.29, 1.82) is 0 Å². The Kier molecular flexibility index (Phi) is 4.30. The van der Waals surface area contributed by atoms with Gasteiger partial charge in [-0.25, -0.2) is 4.98 Å². The smallest absolute Gasteiger partial charge is 0.221 e. The maximum Gasteiger partial charge on any atom is 0.221 e. The van der Waals surface area contributed by atoms with Crippen LogP contribution in [0.25, 0.3) is 11.3 Å². The van der Waals surface area contributed by atoms with Gasteiger partial charge in [0.25, 0.3) is 0 Å². The average molecular weight is 259 g/mol. The predicted molar refractivity (Wildman–Crippen MR) is 72.1 cm³/mol. The van der Waals surface area contributed by atoms with Crippen LogP contribution in [0.4, 0.5) is 0 Å². The molecule has 1 heterocycles. The van der Waals surface area contributed by atoms with Crippen molar-refractivity contribution in [3.05, 3.63) is 42.4 Å². The first-order valence-corrected chi connectivity index (χ1v) is 6.17. The minimum atomic E-state index is -0.147. The molecule has 1 amide bonds. The number of rotatable bonds is 5. The molecule has 5 heteroatoms. The highest BCUT2D eigenvalue weighted by molar-refractivity contribution is 5.76. The quantitative estimate of drug-likeness (QED) is 0.856. The summed E-state index contributed by atoms with van der Waals surface area (Å²) in [5.41, 5.74) is 7.22. The molecular weight excluding hydrogens is 242 g/mol. The average Bonchev–Trinajstić information content (AvgIpc) is 2.85. The topological polar surface area (TPSA) is 81.2 Å². The van der Waals surface area contributed by atoms with Crippen LogP contribution in [-0.4, -0.2) is 16.9 Å². The van der Waals surface area contributed by atoms with Gasteiger partial charge in [0.05, 0.1) is 6.54 Å². The molecule has 1 aromatic carbocycles. The number of nitrogens with one attached hydrogen (secondary N) is 1. The summed E-state index contributed by atoms with van der Waals surface area (Å²) in [5.74, 6) is 0.596. The number of nitrogens with two attached hydrogens (primary N) is 1. The number of aromatic nitrogens is 1. The first-order valence-electron chi connectivity index (χ1n) is 6.17. The fourth-order valence-corrected chi connectivity index (χ4v) is 1.77. The Morgan fingerprint density at radius 1 is 1.42 bits per heavy atom. The maximum absolute atomic E-state index is 11.5. The van der Waals surface area contributed by atoms with Gasteiger partial charge in [0, 0.05) is 18.0 Å². The van der Waals surface area contributed by atoms with E-state index in [9.17, 15) is 4.79 Å². The van der Waals surface area contributed by atoms with Crippen molar-refractivity contribution in [3.8, 4) is 11.3 Å². The summed E-state index contributed by atoms with van der Waals surface area (Å²) in [6, 6.07) is 9.52. The highest BCUT2D eigenvalue weighted by Crippen LogP contribution is 2.22. The summed E-state index contributed by atoms with van der Waals surface area (Å²) in [6.07, 6.45) is 1.69. The third-order valence-electron chi connectivity index (χ3n) is 2.64. The molecule has 1 aromatic heterocycles. The van der Waals surface area contributed by atoms with E-state index in [0.29, 0.717) is 24.4 Å². The Labute approximate surface area is 111 Å². The summed E-state index contributed by atoms with van der Waals surface area (Å²) in [7, 11) is 0. The van der Waals surface area contributed by atoms with E-state index in [1.54, 1.807) is 6.92 Å². The molecule has 3 N–H and O–H groups in total. The highest BCUT2D eigenvalue weighted by Gasteiger charge is 2.12. The van der Waals surface area contributed by atoms with Crippen LogP contribution in [0.3, 0.4) is 0 Å². The molecule has 0 saturated carbocycles. The van der Waals surface area contributed by atoms with Gasteiger partial charge in [-0.05, 0) is 6.92 Å². The Bertz CT molecular complexity index is 535. The molecule has 2 rings (SSSR count). The van der Waals surface area contributed by atoms with E-state index < -0.39 is 0 Å². The van der Waals surface area contributed by atoms with Crippen LogP contribution in [0.2, 0.25) is 0 Å². The van der Waals surface area contributed by atoms with Gasteiger partial charge in [-0.1, -0.05) is 30.3 Å². The largest absolute Gasteiger partial charge is 0.443 e. The number of carbonyl (C=O) groups excluding carboxylic acids is 1. The minimum absolute atomic E-state index is 0.0861. The fourth-order valence-electron chi connectivity index (χ4n) is 1.77. The molecule has 0 aliphatic carbocycles. The second-order valence-electron chi connectivity index (χ2n) is 4.45. The van der Waals surface area contributed by atoms with Crippen molar-refractivity contribution in [2.75, 3.05) is 0 Å². The number of hydrogen-bond acceptors (Lipinski definition) is 4. The van der Waals surface area contributed by atoms with Gasteiger partial charge in [-0.3, -0.25) is 4.79 Å². The molecule has 0 fully saturated rings. The molecule has 100 valence electrons. The summed E-state index contributed by atoms with van der Waals surface area (Å²) >= 11 is 0. The lowest BCUT2D eigenvalue weighted by molar-refractivity contribution is -0.121. The first kappa shape index (κ1) is 13.3. The zero-order valence-electron chi connectivity index (χ0n) is 10.8. The zero-order valence-corrected chi connectivity index (χ0v) is 10.8. The molecule has 19 heavy (non-hydrogen) atoms. The van der Waals surface area contributed by atoms with Crippen molar-refractivity contribution in [1.82, 2.24) is 10.3 Å². The molecule has 5 nitrogen and oxygen atoms in total. The minimum Gasteiger partial charge on any atom is -0.443 e. The summed E-state index contributed by atoms with van der Waals surface area (Å²) in [6.45, 7) is 2.14. The summed E-state index contributed by atoms with van der Waals surface area (Å²) in [5, 5.41) is 2.79. The Balaban J connectivity index is 2.03. The van der Waals surface area contributed by atoms with E-state index in [2.05, 4.69) is 10.3 Å². The number of hydrogen-bond donors (Lipinski definition) is 2. The van der Waals surface area contributed by atoms with Crippen LogP contribution < -0.4 is 11.1 Å². The van der Waals surface area contributed by atoms with E-state index in [0.717, 1.165) is 5.56 Å². The van der Waals surface area contributed by atoms with Gasteiger partial charge in [-0.15, -0.1) is 0 Å². The lowest BCUT2D eigenvalue weighted by atomic mass is 10.1. The van der Waals surface area contributed by atoms with E-state index in [-0.39, 0.29) is 11.9 Å². The van der Waals surface area contributed by atoms with Crippen molar-refractivity contribution >= 4 is 5.91 Å². The van der Waals surface area contributed by atoms with Crippen LogP contribution in [0, 0.1) is 0 Å². The van der Waals surface area contributed by atoms with Gasteiger partial charge in [0.15, 0.2) is 12.2 Å². The van der Waals surface area contributed by atoms with Gasteiger partial charge in [-0.2, -0.15) is 0 Å². The van der Waals surface area contributed by atoms with E-state index >= 15 is 0 Å². The fraction of sp³-hybridized carbons (Fsp3) is 0.286. The lowest BCUT2D eigenvalue weighted by Gasteiger charge is -2.06. The maximum atomic E-state index is 11.5. The van der Waals surface area contributed by atoms with Crippen LogP contribution in [-0.2, 0) is 11.3 Å². The predicted octanol–water partition coefficient (Wildman–Crippen LogP) is 1.70. The van der Waals surface area contributed by atoms with Crippen molar-refractivity contribution in [3.63, 3.8) is 0 Å². The SMILES string of the molecule is CC(N)CC(=O)NCc1ncoc1-c1ccccc1. The Morgan fingerprint density at radius 3 is 2.84 bits per heavy atom. The third kappa shape index (κ3) is 3.66. The monoisotopic (exact) mass is 259 g/mol. The molecule has 0 spiro atoms. The normalized spacial score (nSPS) is 12.1. The van der Waals surface area contributed by atoms with Crippen LogP contribution in [0.15, 0.2) is 41.1 Å². The third-order valence-corrected chi connectivity index (χ3v) is 2.64. The highest BCUT2D eigenvalue weighted by atomic mass is 16.3. The van der Waals surface area contributed by atoms with E-state index in [1.807, 2.05) is 30.3 Å². The number of carbonyl (C=O) groups is 1. The van der Waals surface area contributed by atoms with Crippen LogP contribution >= 0.6 is 0 Å². The standard InChI is InChI=1S/C14H17N3O2/c1-10(15)7-13(18)16-8-12-14(19-9-17-12)11-5-3-2-4-6-11/h2-6,9-10H,7-8,15H2,1H3,(H,16,18). The Morgan fingerprint density at radius 2 is 2.16 bits per heavy atom. The second-order valence-corrected chi connectivity index (χ2v) is 4.45. The number of amides is 1. The number of oxazole rings is 1. The summed E-state index contributed by atoms with van der Waals surface area (Å²) in [4.78, 5) is 15.7. The first-order chi connectivity index (χ1) is 9.16. The van der Waals surface area contributed by atoms with Crippen molar-refractivity contribution in [2.24, 2.45) is 5.73 Å².